The highest BCUT2D eigenvalue weighted by Crippen LogP contribution is 2.06. The Labute approximate surface area is 149 Å². The topological polar surface area (TPSA) is 65.5 Å². The van der Waals surface area contributed by atoms with E-state index in [-0.39, 0.29) is 29.9 Å². The van der Waals surface area contributed by atoms with Crippen LogP contribution in [0.15, 0.2) is 29.3 Å². The van der Waals surface area contributed by atoms with Gasteiger partial charge in [0.05, 0.1) is 6.54 Å². The summed E-state index contributed by atoms with van der Waals surface area (Å²) >= 11 is 0. The number of nitrogens with zero attached hydrogens (tertiary/aromatic N) is 1. The van der Waals surface area contributed by atoms with Crippen LogP contribution in [0.3, 0.4) is 0 Å². The lowest BCUT2D eigenvalue weighted by Crippen LogP contribution is -2.37. The van der Waals surface area contributed by atoms with Gasteiger partial charge in [0, 0.05) is 25.7 Å². The number of carbonyl (C=O) groups is 1. The summed E-state index contributed by atoms with van der Waals surface area (Å²) in [6.45, 7) is 3.84. The molecule has 0 aliphatic heterocycles. The van der Waals surface area contributed by atoms with Crippen LogP contribution < -0.4 is 16.0 Å². The van der Waals surface area contributed by atoms with Gasteiger partial charge in [0.15, 0.2) is 5.96 Å². The summed E-state index contributed by atoms with van der Waals surface area (Å²) in [5.41, 5.74) is 1.74. The van der Waals surface area contributed by atoms with Crippen molar-refractivity contribution in [3.05, 3.63) is 35.4 Å². The van der Waals surface area contributed by atoms with Crippen LogP contribution in [0.4, 0.5) is 0 Å². The van der Waals surface area contributed by atoms with Crippen molar-refractivity contribution in [2.45, 2.75) is 13.3 Å². The zero-order valence-corrected chi connectivity index (χ0v) is 15.3. The highest BCUT2D eigenvalue weighted by Gasteiger charge is 2.03. The predicted octanol–water partition coefficient (Wildman–Crippen LogP) is 1.39. The molecular weight excluding hydrogens is 391 g/mol. The first-order valence-corrected chi connectivity index (χ1v) is 6.98. The number of terminal acetylenes is 1. The number of hydrogen-bond acceptors (Lipinski definition) is 2. The summed E-state index contributed by atoms with van der Waals surface area (Å²) in [7, 11) is 1.62. The Morgan fingerprint density at radius 3 is 2.77 bits per heavy atom. The van der Waals surface area contributed by atoms with Gasteiger partial charge in [0.25, 0.3) is 5.91 Å². The van der Waals surface area contributed by atoms with Crippen LogP contribution in [0.25, 0.3) is 0 Å². The maximum absolute atomic E-state index is 11.6. The third kappa shape index (κ3) is 7.31. The number of rotatable bonds is 6. The van der Waals surface area contributed by atoms with Crippen molar-refractivity contribution in [3.63, 3.8) is 0 Å². The molecule has 0 saturated heterocycles. The number of benzene rings is 1. The molecule has 3 N–H and O–H groups in total. The minimum atomic E-state index is -0.0793. The van der Waals surface area contributed by atoms with E-state index in [9.17, 15) is 4.79 Å². The van der Waals surface area contributed by atoms with Crippen LogP contribution >= 0.6 is 24.0 Å². The van der Waals surface area contributed by atoms with Gasteiger partial charge in [0.1, 0.15) is 0 Å². The standard InChI is InChI=1S/C16H22N4O.HI/c1-4-10-19-16(18-5-2)20-11-9-13-7-6-8-14(12-13)15(21)17-3;/h1,6-8,12H,5,9-11H2,2-3H3,(H,17,21)(H2,18,19,20);1H. The Kier molecular flexibility index (Phi) is 10.9. The van der Waals surface area contributed by atoms with Gasteiger partial charge in [0.2, 0.25) is 0 Å². The van der Waals surface area contributed by atoms with E-state index >= 15 is 0 Å². The summed E-state index contributed by atoms with van der Waals surface area (Å²) in [6.07, 6.45) is 5.98. The molecule has 22 heavy (non-hydrogen) atoms. The van der Waals surface area contributed by atoms with Crippen molar-refractivity contribution in [2.75, 3.05) is 26.7 Å². The van der Waals surface area contributed by atoms with E-state index in [0.29, 0.717) is 24.6 Å². The third-order valence-corrected chi connectivity index (χ3v) is 2.79. The molecular formula is C16H23IN4O. The van der Waals surface area contributed by atoms with Gasteiger partial charge in [-0.2, -0.15) is 0 Å². The third-order valence-electron chi connectivity index (χ3n) is 2.79. The molecule has 1 amide bonds. The largest absolute Gasteiger partial charge is 0.357 e. The van der Waals surface area contributed by atoms with Gasteiger partial charge in [-0.3, -0.25) is 9.79 Å². The van der Waals surface area contributed by atoms with Gasteiger partial charge in [-0.1, -0.05) is 18.1 Å². The molecule has 0 saturated carbocycles. The molecule has 0 bridgehead atoms. The van der Waals surface area contributed by atoms with Gasteiger partial charge in [-0.15, -0.1) is 30.4 Å². The number of carbonyl (C=O) groups excluding carboxylic acids is 1. The Morgan fingerprint density at radius 2 is 2.14 bits per heavy atom. The first kappa shape index (κ1) is 20.2. The molecule has 0 aromatic heterocycles. The summed E-state index contributed by atoms with van der Waals surface area (Å²) in [5, 5.41) is 8.77. The molecule has 0 radical (unpaired) electrons. The van der Waals surface area contributed by atoms with Gasteiger partial charge >= 0.3 is 0 Å². The molecule has 0 heterocycles. The maximum atomic E-state index is 11.6. The lowest BCUT2D eigenvalue weighted by atomic mass is 10.1. The van der Waals surface area contributed by atoms with E-state index in [4.69, 9.17) is 6.42 Å². The van der Waals surface area contributed by atoms with Gasteiger partial charge in [-0.05, 0) is 31.0 Å². The van der Waals surface area contributed by atoms with Crippen molar-refractivity contribution in [3.8, 4) is 12.3 Å². The minimum Gasteiger partial charge on any atom is -0.357 e. The van der Waals surface area contributed by atoms with Crippen LogP contribution in [0.5, 0.6) is 0 Å². The molecule has 1 aromatic rings. The molecule has 5 nitrogen and oxygen atoms in total. The summed E-state index contributed by atoms with van der Waals surface area (Å²) < 4.78 is 0. The van der Waals surface area contributed by atoms with Crippen molar-refractivity contribution in [2.24, 2.45) is 4.99 Å². The summed E-state index contributed by atoms with van der Waals surface area (Å²) in [6, 6.07) is 7.55. The highest BCUT2D eigenvalue weighted by molar-refractivity contribution is 14.0. The Bertz CT molecular complexity index is 537. The molecule has 0 atom stereocenters. The van der Waals surface area contributed by atoms with E-state index in [0.717, 1.165) is 18.5 Å². The molecule has 1 rings (SSSR count). The molecule has 0 spiro atoms. The smallest absolute Gasteiger partial charge is 0.251 e. The van der Waals surface area contributed by atoms with Gasteiger partial charge in [-0.25, -0.2) is 0 Å². The molecule has 0 fully saturated rings. The number of guanidine groups is 1. The SMILES string of the molecule is C#CCNC(=NCCc1cccc(C(=O)NC)c1)NCC.I. The zero-order chi connectivity index (χ0) is 15.5. The predicted molar refractivity (Wildman–Crippen MR) is 102 cm³/mol. The molecule has 1 aromatic carbocycles. The lowest BCUT2D eigenvalue weighted by molar-refractivity contribution is 0.0963. The first-order valence-electron chi connectivity index (χ1n) is 6.98. The Morgan fingerprint density at radius 1 is 1.36 bits per heavy atom. The average Bonchev–Trinajstić information content (AvgIpc) is 2.52. The number of aliphatic imine (C=N–C) groups is 1. The monoisotopic (exact) mass is 414 g/mol. The van der Waals surface area contributed by atoms with E-state index in [1.165, 1.54) is 0 Å². The van der Waals surface area contributed by atoms with Crippen LogP contribution in [0.2, 0.25) is 0 Å². The van der Waals surface area contributed by atoms with Crippen LogP contribution in [0.1, 0.15) is 22.8 Å². The lowest BCUT2D eigenvalue weighted by Gasteiger charge is -2.09. The second-order valence-corrected chi connectivity index (χ2v) is 4.35. The van der Waals surface area contributed by atoms with E-state index in [1.807, 2.05) is 25.1 Å². The Hall–Kier alpha value is -1.75. The van der Waals surface area contributed by atoms with E-state index in [2.05, 4.69) is 26.9 Å². The molecule has 120 valence electrons. The van der Waals surface area contributed by atoms with Crippen molar-refractivity contribution in [1.82, 2.24) is 16.0 Å². The number of halogens is 1. The Balaban J connectivity index is 0.00000441. The molecule has 6 heteroatoms. The number of nitrogens with one attached hydrogen (secondary N) is 3. The minimum absolute atomic E-state index is 0. The highest BCUT2D eigenvalue weighted by atomic mass is 127. The van der Waals surface area contributed by atoms with E-state index in [1.54, 1.807) is 13.1 Å². The number of amides is 1. The fraction of sp³-hybridized carbons (Fsp3) is 0.375. The second kappa shape index (κ2) is 11.9. The van der Waals surface area contributed by atoms with E-state index < -0.39 is 0 Å². The molecule has 0 aliphatic carbocycles. The fourth-order valence-electron chi connectivity index (χ4n) is 1.79. The average molecular weight is 414 g/mol. The molecule has 0 aliphatic rings. The van der Waals surface area contributed by atoms with Crippen LogP contribution in [-0.2, 0) is 6.42 Å². The number of hydrogen-bond donors (Lipinski definition) is 3. The first-order chi connectivity index (χ1) is 10.2. The summed E-state index contributed by atoms with van der Waals surface area (Å²) in [4.78, 5) is 16.0. The van der Waals surface area contributed by atoms with Crippen LogP contribution in [-0.4, -0.2) is 38.5 Å². The quantitative estimate of drug-likeness (QED) is 0.285. The van der Waals surface area contributed by atoms with Crippen LogP contribution in [0, 0.1) is 12.3 Å². The summed E-state index contributed by atoms with van der Waals surface area (Å²) in [5.74, 6) is 3.14. The van der Waals surface area contributed by atoms with Crippen molar-refractivity contribution >= 4 is 35.8 Å². The van der Waals surface area contributed by atoms with Crippen molar-refractivity contribution in [1.29, 1.82) is 0 Å². The molecule has 0 unspecified atom stereocenters. The normalized spacial score (nSPS) is 10.1. The van der Waals surface area contributed by atoms with Gasteiger partial charge < -0.3 is 16.0 Å². The van der Waals surface area contributed by atoms with Crippen molar-refractivity contribution < 1.29 is 4.79 Å². The maximum Gasteiger partial charge on any atom is 0.251 e. The zero-order valence-electron chi connectivity index (χ0n) is 13.0. The second-order valence-electron chi connectivity index (χ2n) is 4.35. The fourth-order valence-corrected chi connectivity index (χ4v) is 1.79.